The van der Waals surface area contributed by atoms with Crippen molar-refractivity contribution < 1.29 is 14.0 Å². The number of halogens is 1. The highest BCUT2D eigenvalue weighted by Gasteiger charge is 2.27. The van der Waals surface area contributed by atoms with Crippen LogP contribution in [0.4, 0.5) is 15.2 Å². The highest BCUT2D eigenvalue weighted by Crippen LogP contribution is 2.29. The molecule has 9 nitrogen and oxygen atoms in total. The maximum absolute atomic E-state index is 13.0. The first kappa shape index (κ1) is 21.9. The molecule has 1 atom stereocenters. The molecule has 1 aliphatic heterocycles. The second-order valence-electron chi connectivity index (χ2n) is 7.56. The van der Waals surface area contributed by atoms with Crippen LogP contribution < -0.4 is 21.1 Å². The third-order valence-electron chi connectivity index (χ3n) is 5.23. The van der Waals surface area contributed by atoms with Gasteiger partial charge in [-0.05, 0) is 44.0 Å². The number of carbonyl (C=O) groups excluding carboxylic acids is 2. The van der Waals surface area contributed by atoms with Gasteiger partial charge in [-0.15, -0.1) is 0 Å². The Morgan fingerprint density at radius 1 is 1.28 bits per heavy atom. The Morgan fingerprint density at radius 2 is 2.06 bits per heavy atom. The Morgan fingerprint density at radius 3 is 2.81 bits per heavy atom. The van der Waals surface area contributed by atoms with Crippen molar-refractivity contribution in [2.24, 2.45) is 5.92 Å². The standard InChI is InChI=1S/C21H23FN6O3S/c1-2-23-19(30)13-4-3-9-27(10-13)21-26-18-17(32-21)20(31)28(12-24-18)11-16(29)25-15-7-5-14(22)6-8-15/h5-8,12-13H,2-4,9-11H2,1H3,(H,23,30)(H,25,29). The van der Waals surface area contributed by atoms with Gasteiger partial charge in [0.05, 0.1) is 5.92 Å². The number of hydrogen-bond donors (Lipinski definition) is 2. The Bertz CT molecular complexity index is 1190. The van der Waals surface area contributed by atoms with Crippen molar-refractivity contribution in [2.75, 3.05) is 29.9 Å². The normalized spacial score (nSPS) is 16.2. The Kier molecular flexibility index (Phi) is 6.45. The maximum Gasteiger partial charge on any atom is 0.273 e. The van der Waals surface area contributed by atoms with Gasteiger partial charge in [-0.1, -0.05) is 11.3 Å². The van der Waals surface area contributed by atoms with E-state index in [1.54, 1.807) is 0 Å². The number of piperidine rings is 1. The van der Waals surface area contributed by atoms with E-state index in [-0.39, 0.29) is 23.9 Å². The van der Waals surface area contributed by atoms with E-state index in [4.69, 9.17) is 0 Å². The van der Waals surface area contributed by atoms with Crippen LogP contribution in [0.1, 0.15) is 19.8 Å². The van der Waals surface area contributed by atoms with Crippen molar-refractivity contribution in [2.45, 2.75) is 26.3 Å². The van der Waals surface area contributed by atoms with E-state index >= 15 is 0 Å². The molecule has 0 radical (unpaired) electrons. The molecule has 2 aromatic heterocycles. The molecule has 2 amide bonds. The summed E-state index contributed by atoms with van der Waals surface area (Å²) in [5, 5.41) is 6.13. The number of carbonyl (C=O) groups is 2. The second kappa shape index (κ2) is 9.43. The molecule has 4 rings (SSSR count). The van der Waals surface area contributed by atoms with Crippen LogP contribution in [-0.2, 0) is 16.1 Å². The van der Waals surface area contributed by atoms with Crippen molar-refractivity contribution >= 4 is 44.3 Å². The van der Waals surface area contributed by atoms with E-state index < -0.39 is 11.7 Å². The van der Waals surface area contributed by atoms with Gasteiger partial charge in [0.1, 0.15) is 23.4 Å². The molecule has 0 bridgehead atoms. The highest BCUT2D eigenvalue weighted by atomic mass is 32.1. The first-order valence-corrected chi connectivity index (χ1v) is 11.2. The predicted molar refractivity (Wildman–Crippen MR) is 120 cm³/mol. The smallest absolute Gasteiger partial charge is 0.273 e. The zero-order valence-corrected chi connectivity index (χ0v) is 18.3. The van der Waals surface area contributed by atoms with Gasteiger partial charge in [-0.2, -0.15) is 4.98 Å². The Hall–Kier alpha value is -3.34. The van der Waals surface area contributed by atoms with E-state index in [2.05, 4.69) is 20.6 Å². The molecule has 0 spiro atoms. The van der Waals surface area contributed by atoms with E-state index in [0.29, 0.717) is 34.3 Å². The zero-order valence-electron chi connectivity index (χ0n) is 17.5. The fraction of sp³-hybridized carbons (Fsp3) is 0.381. The number of anilines is 2. The van der Waals surface area contributed by atoms with Gasteiger partial charge in [0.25, 0.3) is 5.56 Å². The van der Waals surface area contributed by atoms with Crippen molar-refractivity contribution in [3.8, 4) is 0 Å². The van der Waals surface area contributed by atoms with E-state index in [9.17, 15) is 18.8 Å². The number of nitrogens with zero attached hydrogens (tertiary/aromatic N) is 4. The van der Waals surface area contributed by atoms with Crippen LogP contribution in [0.5, 0.6) is 0 Å². The number of amides is 2. The minimum atomic E-state index is -0.426. The van der Waals surface area contributed by atoms with Gasteiger partial charge in [-0.25, -0.2) is 9.37 Å². The summed E-state index contributed by atoms with van der Waals surface area (Å²) in [6.45, 7) is 3.55. The topological polar surface area (TPSA) is 109 Å². The van der Waals surface area contributed by atoms with Gasteiger partial charge in [0.2, 0.25) is 11.8 Å². The lowest BCUT2D eigenvalue weighted by molar-refractivity contribution is -0.125. The first-order valence-electron chi connectivity index (χ1n) is 10.4. The van der Waals surface area contributed by atoms with Gasteiger partial charge in [0, 0.05) is 25.3 Å². The van der Waals surface area contributed by atoms with Crippen LogP contribution in [0.15, 0.2) is 35.4 Å². The minimum Gasteiger partial charge on any atom is -0.356 e. The average Bonchev–Trinajstić information content (AvgIpc) is 3.23. The number of nitrogens with one attached hydrogen (secondary N) is 2. The quantitative estimate of drug-likeness (QED) is 0.585. The number of thiazole rings is 1. The van der Waals surface area contributed by atoms with Crippen LogP contribution in [0.3, 0.4) is 0 Å². The summed E-state index contributed by atoms with van der Waals surface area (Å²) in [5.41, 5.74) is 0.404. The number of rotatable bonds is 6. The molecule has 1 aromatic carbocycles. The van der Waals surface area contributed by atoms with Crippen molar-refractivity contribution in [3.63, 3.8) is 0 Å². The fourth-order valence-electron chi connectivity index (χ4n) is 3.65. The monoisotopic (exact) mass is 458 g/mol. The molecule has 1 unspecified atom stereocenters. The molecule has 1 aliphatic rings. The van der Waals surface area contributed by atoms with Gasteiger partial charge < -0.3 is 15.5 Å². The number of benzene rings is 1. The third kappa shape index (κ3) is 4.77. The summed E-state index contributed by atoms with van der Waals surface area (Å²) in [6, 6.07) is 5.37. The fourth-order valence-corrected chi connectivity index (χ4v) is 4.66. The number of hydrogen-bond acceptors (Lipinski definition) is 7. The van der Waals surface area contributed by atoms with Crippen molar-refractivity contribution in [1.82, 2.24) is 19.9 Å². The van der Waals surface area contributed by atoms with Crippen LogP contribution in [0.2, 0.25) is 0 Å². The van der Waals surface area contributed by atoms with Crippen molar-refractivity contribution in [1.29, 1.82) is 0 Å². The number of fused-ring (bicyclic) bond motifs is 1. The molecular weight excluding hydrogens is 435 g/mol. The van der Waals surface area contributed by atoms with Crippen LogP contribution in [-0.4, -0.2) is 46.0 Å². The predicted octanol–water partition coefficient (Wildman–Crippen LogP) is 1.98. The third-order valence-corrected chi connectivity index (χ3v) is 6.32. The van der Waals surface area contributed by atoms with Gasteiger partial charge in [0.15, 0.2) is 10.8 Å². The van der Waals surface area contributed by atoms with E-state index in [1.165, 1.54) is 46.5 Å². The lowest BCUT2D eigenvalue weighted by Crippen LogP contribution is -2.43. The molecule has 168 valence electrons. The molecule has 0 aliphatic carbocycles. The van der Waals surface area contributed by atoms with E-state index in [1.807, 2.05) is 11.8 Å². The van der Waals surface area contributed by atoms with Gasteiger partial charge in [-0.3, -0.25) is 19.0 Å². The highest BCUT2D eigenvalue weighted by molar-refractivity contribution is 7.22. The first-order chi connectivity index (χ1) is 15.4. The summed E-state index contributed by atoms with van der Waals surface area (Å²) in [5.74, 6) is -0.910. The molecule has 11 heteroatoms. The zero-order chi connectivity index (χ0) is 22.7. The number of aromatic nitrogens is 3. The second-order valence-corrected chi connectivity index (χ2v) is 8.54. The Labute approximate surface area is 187 Å². The molecule has 3 heterocycles. The van der Waals surface area contributed by atoms with Crippen LogP contribution in [0.25, 0.3) is 10.3 Å². The molecule has 1 saturated heterocycles. The molecule has 2 N–H and O–H groups in total. The average molecular weight is 459 g/mol. The summed E-state index contributed by atoms with van der Waals surface area (Å²) in [6.07, 6.45) is 2.98. The molecule has 1 fully saturated rings. The van der Waals surface area contributed by atoms with Crippen molar-refractivity contribution in [3.05, 3.63) is 46.8 Å². The summed E-state index contributed by atoms with van der Waals surface area (Å²) >= 11 is 1.22. The Balaban J connectivity index is 1.49. The molecule has 3 aromatic rings. The minimum absolute atomic E-state index is 0.0333. The maximum atomic E-state index is 13.0. The summed E-state index contributed by atoms with van der Waals surface area (Å²) in [7, 11) is 0. The SMILES string of the molecule is CCNC(=O)C1CCCN(c2nc3ncn(CC(=O)Nc4ccc(F)cc4)c(=O)c3s2)C1. The lowest BCUT2D eigenvalue weighted by Gasteiger charge is -2.31. The van der Waals surface area contributed by atoms with Crippen LogP contribution >= 0.6 is 11.3 Å². The molecule has 32 heavy (non-hydrogen) atoms. The molecule has 0 saturated carbocycles. The summed E-state index contributed by atoms with van der Waals surface area (Å²) < 4.78 is 14.6. The largest absolute Gasteiger partial charge is 0.356 e. The van der Waals surface area contributed by atoms with Gasteiger partial charge >= 0.3 is 0 Å². The van der Waals surface area contributed by atoms with E-state index in [0.717, 1.165) is 19.4 Å². The molecular formula is C21H23FN6O3S. The van der Waals surface area contributed by atoms with Crippen LogP contribution in [0, 0.1) is 11.7 Å². The summed E-state index contributed by atoms with van der Waals surface area (Å²) in [4.78, 5) is 48.2. The lowest BCUT2D eigenvalue weighted by atomic mass is 9.97.